The molecule has 0 bridgehead atoms. The number of aliphatic hydroxyl groups is 1. The first-order valence-corrected chi connectivity index (χ1v) is 8.04. The van der Waals surface area contributed by atoms with E-state index in [0.29, 0.717) is 5.56 Å². The molecule has 1 aromatic carbocycles. The third-order valence-electron chi connectivity index (χ3n) is 4.78. The van der Waals surface area contributed by atoms with Crippen LogP contribution in [0.1, 0.15) is 31.4 Å². The summed E-state index contributed by atoms with van der Waals surface area (Å²) in [6.45, 7) is 7.22. The molecule has 1 heterocycles. The Balaban J connectivity index is 1.51. The van der Waals surface area contributed by atoms with Gasteiger partial charge in [0.25, 0.3) is 0 Å². The summed E-state index contributed by atoms with van der Waals surface area (Å²) in [4.78, 5) is 4.97. The molecule has 1 saturated carbocycles. The van der Waals surface area contributed by atoms with Gasteiger partial charge in [-0.3, -0.25) is 4.90 Å². The SMILES string of the molecule is CC(CN1CCN(C2CC2)CC1)C(O)c1ccccc1F. The van der Waals surface area contributed by atoms with Gasteiger partial charge < -0.3 is 10.0 Å². The molecule has 1 aliphatic heterocycles. The van der Waals surface area contributed by atoms with Crippen molar-refractivity contribution in [2.75, 3.05) is 32.7 Å². The van der Waals surface area contributed by atoms with Crippen LogP contribution in [0, 0.1) is 11.7 Å². The van der Waals surface area contributed by atoms with Gasteiger partial charge in [-0.2, -0.15) is 0 Å². The van der Waals surface area contributed by atoms with Crippen LogP contribution in [0.25, 0.3) is 0 Å². The molecule has 2 unspecified atom stereocenters. The minimum Gasteiger partial charge on any atom is -0.388 e. The van der Waals surface area contributed by atoms with E-state index in [1.54, 1.807) is 18.2 Å². The second-order valence-corrected chi connectivity index (χ2v) is 6.51. The molecule has 1 aromatic rings. The Morgan fingerprint density at radius 2 is 1.86 bits per heavy atom. The molecule has 0 aromatic heterocycles. The summed E-state index contributed by atoms with van der Waals surface area (Å²) in [5.74, 6) is -0.273. The highest BCUT2D eigenvalue weighted by atomic mass is 19.1. The zero-order valence-electron chi connectivity index (χ0n) is 12.7. The van der Waals surface area contributed by atoms with Crippen molar-refractivity contribution < 1.29 is 9.50 Å². The van der Waals surface area contributed by atoms with Gasteiger partial charge in [0.05, 0.1) is 6.10 Å². The van der Waals surface area contributed by atoms with Crippen molar-refractivity contribution >= 4 is 0 Å². The van der Waals surface area contributed by atoms with E-state index in [2.05, 4.69) is 9.80 Å². The van der Waals surface area contributed by atoms with Crippen LogP contribution in [0.2, 0.25) is 0 Å². The molecule has 3 nitrogen and oxygen atoms in total. The maximum Gasteiger partial charge on any atom is 0.129 e. The number of hydrogen-bond acceptors (Lipinski definition) is 3. The molecular formula is C17H25FN2O. The van der Waals surface area contributed by atoms with Crippen molar-refractivity contribution in [1.29, 1.82) is 0 Å². The zero-order chi connectivity index (χ0) is 14.8. The summed E-state index contributed by atoms with van der Waals surface area (Å²) >= 11 is 0. The summed E-state index contributed by atoms with van der Waals surface area (Å²) in [5, 5.41) is 10.4. The summed E-state index contributed by atoms with van der Waals surface area (Å²) < 4.78 is 13.7. The Morgan fingerprint density at radius 3 is 2.48 bits per heavy atom. The minimum atomic E-state index is -0.729. The molecule has 2 aliphatic rings. The van der Waals surface area contributed by atoms with Crippen molar-refractivity contribution in [2.24, 2.45) is 5.92 Å². The fourth-order valence-electron chi connectivity index (χ4n) is 3.28. The van der Waals surface area contributed by atoms with Gasteiger partial charge in [0.2, 0.25) is 0 Å². The molecule has 21 heavy (non-hydrogen) atoms. The molecule has 1 N–H and O–H groups in total. The van der Waals surface area contributed by atoms with Crippen molar-refractivity contribution in [3.8, 4) is 0 Å². The lowest BCUT2D eigenvalue weighted by molar-refractivity contribution is 0.0610. The van der Waals surface area contributed by atoms with E-state index in [-0.39, 0.29) is 11.7 Å². The summed E-state index contributed by atoms with van der Waals surface area (Å²) in [6.07, 6.45) is 2.00. The van der Waals surface area contributed by atoms with Crippen LogP contribution in [0.5, 0.6) is 0 Å². The van der Waals surface area contributed by atoms with E-state index in [1.807, 2.05) is 6.92 Å². The van der Waals surface area contributed by atoms with E-state index in [9.17, 15) is 9.50 Å². The molecule has 0 amide bonds. The standard InChI is InChI=1S/C17H25FN2O/c1-13(17(21)15-4-2-3-5-16(15)18)12-19-8-10-20(11-9-19)14-6-7-14/h2-5,13-14,17,21H,6-12H2,1H3. The zero-order valence-corrected chi connectivity index (χ0v) is 12.7. The lowest BCUT2D eigenvalue weighted by Crippen LogP contribution is -2.48. The highest BCUT2D eigenvalue weighted by Gasteiger charge is 2.32. The molecule has 3 rings (SSSR count). The number of nitrogens with zero attached hydrogens (tertiary/aromatic N) is 2. The van der Waals surface area contributed by atoms with E-state index in [1.165, 1.54) is 18.9 Å². The molecule has 2 atom stereocenters. The molecule has 0 radical (unpaired) electrons. The average molecular weight is 292 g/mol. The fourth-order valence-corrected chi connectivity index (χ4v) is 3.28. The van der Waals surface area contributed by atoms with Gasteiger partial charge in [-0.05, 0) is 24.8 Å². The second kappa shape index (κ2) is 6.42. The van der Waals surface area contributed by atoms with Gasteiger partial charge in [-0.15, -0.1) is 0 Å². The molecule has 2 fully saturated rings. The van der Waals surface area contributed by atoms with Gasteiger partial charge in [0, 0.05) is 44.3 Å². The topological polar surface area (TPSA) is 26.7 Å². The van der Waals surface area contributed by atoms with Gasteiger partial charge in [0.1, 0.15) is 5.82 Å². The van der Waals surface area contributed by atoms with Crippen molar-refractivity contribution in [3.05, 3.63) is 35.6 Å². The quantitative estimate of drug-likeness (QED) is 0.902. The van der Waals surface area contributed by atoms with Crippen LogP contribution in [-0.4, -0.2) is 53.7 Å². The lowest BCUT2D eigenvalue weighted by Gasteiger charge is -2.36. The van der Waals surface area contributed by atoms with Crippen LogP contribution in [0.15, 0.2) is 24.3 Å². The van der Waals surface area contributed by atoms with Crippen LogP contribution in [-0.2, 0) is 0 Å². The number of piperazine rings is 1. The monoisotopic (exact) mass is 292 g/mol. The van der Waals surface area contributed by atoms with E-state index in [0.717, 1.165) is 38.8 Å². The second-order valence-electron chi connectivity index (χ2n) is 6.51. The largest absolute Gasteiger partial charge is 0.388 e. The number of halogens is 1. The Hall–Kier alpha value is -0.970. The maximum absolute atomic E-state index is 13.7. The Morgan fingerprint density at radius 1 is 1.19 bits per heavy atom. The first kappa shape index (κ1) is 14.9. The molecule has 116 valence electrons. The van der Waals surface area contributed by atoms with E-state index >= 15 is 0 Å². The number of aliphatic hydroxyl groups excluding tert-OH is 1. The van der Waals surface area contributed by atoms with Gasteiger partial charge in [-0.25, -0.2) is 4.39 Å². The van der Waals surface area contributed by atoms with Crippen LogP contribution >= 0.6 is 0 Å². The third kappa shape index (κ3) is 3.62. The predicted octanol–water partition coefficient (Wildman–Crippen LogP) is 2.28. The van der Waals surface area contributed by atoms with Crippen molar-refractivity contribution in [3.63, 3.8) is 0 Å². The molecule has 0 spiro atoms. The van der Waals surface area contributed by atoms with Crippen molar-refractivity contribution in [2.45, 2.75) is 31.9 Å². The van der Waals surface area contributed by atoms with Crippen molar-refractivity contribution in [1.82, 2.24) is 9.80 Å². The van der Waals surface area contributed by atoms with Gasteiger partial charge >= 0.3 is 0 Å². The van der Waals surface area contributed by atoms with E-state index < -0.39 is 6.10 Å². The molecule has 4 heteroatoms. The average Bonchev–Trinajstić information content (AvgIpc) is 3.32. The van der Waals surface area contributed by atoms with E-state index in [4.69, 9.17) is 0 Å². The van der Waals surface area contributed by atoms with Gasteiger partial charge in [0.15, 0.2) is 0 Å². The third-order valence-corrected chi connectivity index (χ3v) is 4.78. The normalized spacial score (nSPS) is 24.0. The van der Waals surface area contributed by atoms with Gasteiger partial charge in [-0.1, -0.05) is 25.1 Å². The summed E-state index contributed by atoms with van der Waals surface area (Å²) in [7, 11) is 0. The first-order chi connectivity index (χ1) is 10.1. The predicted molar refractivity (Wildman–Crippen MR) is 81.6 cm³/mol. The number of benzene rings is 1. The minimum absolute atomic E-state index is 0.0365. The maximum atomic E-state index is 13.7. The smallest absolute Gasteiger partial charge is 0.129 e. The highest BCUT2D eigenvalue weighted by Crippen LogP contribution is 2.28. The van der Waals surface area contributed by atoms with Crippen LogP contribution in [0.3, 0.4) is 0 Å². The Bertz CT molecular complexity index is 470. The molecule has 1 aliphatic carbocycles. The fraction of sp³-hybridized carbons (Fsp3) is 0.647. The molecule has 1 saturated heterocycles. The number of rotatable bonds is 5. The Labute approximate surface area is 126 Å². The summed E-state index contributed by atoms with van der Waals surface area (Å²) in [5.41, 5.74) is 0.418. The summed E-state index contributed by atoms with van der Waals surface area (Å²) in [6, 6.07) is 7.38. The Kier molecular flexibility index (Phi) is 4.57. The lowest BCUT2D eigenvalue weighted by atomic mass is 9.96. The molecular weight excluding hydrogens is 267 g/mol. The van der Waals surface area contributed by atoms with Crippen LogP contribution in [0.4, 0.5) is 4.39 Å². The number of hydrogen-bond donors (Lipinski definition) is 1. The first-order valence-electron chi connectivity index (χ1n) is 8.04. The highest BCUT2D eigenvalue weighted by molar-refractivity contribution is 5.20. The van der Waals surface area contributed by atoms with Crippen LogP contribution < -0.4 is 0 Å².